The normalized spacial score (nSPS) is 21.1. The zero-order valence-electron chi connectivity index (χ0n) is 16.2. The van der Waals surface area contributed by atoms with Gasteiger partial charge in [0.1, 0.15) is 5.75 Å². The standard InChI is InChI=1S/C22H24ClN3O3/c23-19-13-24-9-6-18(19)21(27)25-16-4-5-20-15(12-16)14-28-22(29-20)7-10-26(11-8-22)17-2-1-3-17/h4-6,9,12-13,17H,1-3,7-8,10-11,14H2,(H,25,27). The Hall–Kier alpha value is -2.15. The number of likely N-dealkylation sites (tertiary alicyclic amines) is 1. The van der Waals surface area contributed by atoms with Crippen LogP contribution in [0.3, 0.4) is 0 Å². The number of carbonyl (C=O) groups excluding carboxylic acids is 1. The maximum absolute atomic E-state index is 12.5. The van der Waals surface area contributed by atoms with E-state index in [1.807, 2.05) is 18.2 Å². The average Bonchev–Trinajstić information content (AvgIpc) is 2.69. The highest BCUT2D eigenvalue weighted by atomic mass is 35.5. The molecule has 1 aromatic heterocycles. The SMILES string of the molecule is O=C(Nc1ccc2c(c1)COC1(CCN(C3CCC3)CC1)O2)c1ccncc1Cl. The molecule has 7 heteroatoms. The number of benzene rings is 1. The van der Waals surface area contributed by atoms with Crippen LogP contribution in [-0.4, -0.2) is 40.7 Å². The Bertz CT molecular complexity index is 923. The van der Waals surface area contributed by atoms with Gasteiger partial charge in [-0.3, -0.25) is 14.7 Å². The minimum atomic E-state index is -0.511. The molecule has 0 bridgehead atoms. The summed E-state index contributed by atoms with van der Waals surface area (Å²) in [5, 5.41) is 3.21. The summed E-state index contributed by atoms with van der Waals surface area (Å²) in [7, 11) is 0. The quantitative estimate of drug-likeness (QED) is 0.815. The molecule has 5 rings (SSSR count). The van der Waals surface area contributed by atoms with Crippen molar-refractivity contribution in [1.82, 2.24) is 9.88 Å². The largest absolute Gasteiger partial charge is 0.462 e. The molecule has 0 radical (unpaired) electrons. The Morgan fingerprint density at radius 1 is 1.24 bits per heavy atom. The van der Waals surface area contributed by atoms with Gasteiger partial charge in [0, 0.05) is 55.6 Å². The minimum absolute atomic E-state index is 0.269. The van der Waals surface area contributed by atoms with Gasteiger partial charge >= 0.3 is 0 Å². The Labute approximate surface area is 175 Å². The van der Waals surface area contributed by atoms with E-state index in [1.54, 1.807) is 12.3 Å². The number of amides is 1. The molecule has 1 amide bonds. The van der Waals surface area contributed by atoms with Crippen molar-refractivity contribution in [1.29, 1.82) is 0 Å². The number of piperidine rings is 1. The highest BCUT2D eigenvalue weighted by Crippen LogP contribution is 2.40. The van der Waals surface area contributed by atoms with E-state index in [4.69, 9.17) is 21.1 Å². The fourth-order valence-corrected chi connectivity index (χ4v) is 4.50. The van der Waals surface area contributed by atoms with E-state index in [0.29, 0.717) is 22.9 Å². The van der Waals surface area contributed by atoms with Crippen LogP contribution in [0.1, 0.15) is 48.0 Å². The molecule has 2 fully saturated rings. The lowest BCUT2D eigenvalue weighted by molar-refractivity contribution is -0.231. The van der Waals surface area contributed by atoms with E-state index >= 15 is 0 Å². The lowest BCUT2D eigenvalue weighted by atomic mass is 9.89. The van der Waals surface area contributed by atoms with Gasteiger partial charge in [-0.1, -0.05) is 18.0 Å². The topological polar surface area (TPSA) is 63.7 Å². The summed E-state index contributed by atoms with van der Waals surface area (Å²) in [6.07, 6.45) is 8.81. The second-order valence-corrected chi connectivity index (χ2v) is 8.46. The third kappa shape index (κ3) is 3.72. The highest BCUT2D eigenvalue weighted by Gasteiger charge is 2.42. The van der Waals surface area contributed by atoms with Gasteiger partial charge in [0.2, 0.25) is 5.79 Å². The van der Waals surface area contributed by atoms with E-state index in [9.17, 15) is 4.79 Å². The molecule has 1 aromatic carbocycles. The first-order valence-corrected chi connectivity index (χ1v) is 10.6. The molecule has 6 nitrogen and oxygen atoms in total. The van der Waals surface area contributed by atoms with Crippen LogP contribution in [-0.2, 0) is 11.3 Å². The summed E-state index contributed by atoms with van der Waals surface area (Å²) < 4.78 is 12.5. The monoisotopic (exact) mass is 413 g/mol. The molecule has 0 unspecified atom stereocenters. The van der Waals surface area contributed by atoms with Gasteiger partial charge in [-0.15, -0.1) is 0 Å². The number of ether oxygens (including phenoxy) is 2. The molecule has 3 heterocycles. The molecular weight excluding hydrogens is 390 g/mol. The molecular formula is C22H24ClN3O3. The van der Waals surface area contributed by atoms with E-state index in [0.717, 1.165) is 43.3 Å². The first kappa shape index (κ1) is 18.9. The van der Waals surface area contributed by atoms with Gasteiger partial charge in [0.25, 0.3) is 5.91 Å². The summed E-state index contributed by atoms with van der Waals surface area (Å²) >= 11 is 6.06. The smallest absolute Gasteiger partial charge is 0.257 e. The van der Waals surface area contributed by atoms with Gasteiger partial charge in [0.15, 0.2) is 0 Å². The van der Waals surface area contributed by atoms with Crippen molar-refractivity contribution in [2.75, 3.05) is 18.4 Å². The summed E-state index contributed by atoms with van der Waals surface area (Å²) in [5.41, 5.74) is 2.02. The van der Waals surface area contributed by atoms with Crippen molar-refractivity contribution < 1.29 is 14.3 Å². The summed E-state index contributed by atoms with van der Waals surface area (Å²) in [5.74, 6) is 0.0610. The van der Waals surface area contributed by atoms with Gasteiger partial charge in [-0.05, 0) is 37.1 Å². The Morgan fingerprint density at radius 2 is 2.07 bits per heavy atom. The van der Waals surface area contributed by atoms with Gasteiger partial charge in [-0.25, -0.2) is 0 Å². The van der Waals surface area contributed by atoms with Crippen molar-refractivity contribution in [2.24, 2.45) is 0 Å². The number of aromatic nitrogens is 1. The first-order valence-electron chi connectivity index (χ1n) is 10.2. The van der Waals surface area contributed by atoms with E-state index < -0.39 is 5.79 Å². The first-order chi connectivity index (χ1) is 14.1. The number of nitrogens with one attached hydrogen (secondary N) is 1. The fraction of sp³-hybridized carbons (Fsp3) is 0.455. The maximum Gasteiger partial charge on any atom is 0.257 e. The summed E-state index contributed by atoms with van der Waals surface area (Å²) in [6.45, 7) is 2.54. The Kier molecular flexibility index (Phi) is 4.94. The van der Waals surface area contributed by atoms with Crippen LogP contribution in [0.5, 0.6) is 5.75 Å². The number of hydrogen-bond donors (Lipinski definition) is 1. The van der Waals surface area contributed by atoms with Crippen LogP contribution in [0, 0.1) is 0 Å². The van der Waals surface area contributed by atoms with Crippen molar-refractivity contribution in [3.05, 3.63) is 52.8 Å². The molecule has 1 aliphatic carbocycles. The van der Waals surface area contributed by atoms with Crippen molar-refractivity contribution in [3.8, 4) is 5.75 Å². The number of nitrogens with zero attached hydrogens (tertiary/aromatic N) is 2. The van der Waals surface area contributed by atoms with E-state index in [-0.39, 0.29) is 5.91 Å². The van der Waals surface area contributed by atoms with Crippen molar-refractivity contribution in [2.45, 2.75) is 50.5 Å². The summed E-state index contributed by atoms with van der Waals surface area (Å²) in [6, 6.07) is 8.04. The third-order valence-corrected chi connectivity index (χ3v) is 6.57. The summed E-state index contributed by atoms with van der Waals surface area (Å²) in [4.78, 5) is 19.0. The molecule has 152 valence electrons. The molecule has 1 saturated heterocycles. The second-order valence-electron chi connectivity index (χ2n) is 8.05. The zero-order chi connectivity index (χ0) is 19.8. The van der Waals surface area contributed by atoms with E-state index in [1.165, 1.54) is 25.5 Å². The fourth-order valence-electron chi connectivity index (χ4n) is 4.29. The zero-order valence-corrected chi connectivity index (χ0v) is 17.0. The molecule has 1 N–H and O–H groups in total. The number of halogens is 1. The number of pyridine rings is 1. The minimum Gasteiger partial charge on any atom is -0.462 e. The number of rotatable bonds is 3. The molecule has 2 aromatic rings. The molecule has 29 heavy (non-hydrogen) atoms. The Morgan fingerprint density at radius 3 is 2.79 bits per heavy atom. The molecule has 2 aliphatic heterocycles. The van der Waals surface area contributed by atoms with Crippen LogP contribution in [0.15, 0.2) is 36.7 Å². The predicted molar refractivity (Wildman–Crippen MR) is 110 cm³/mol. The Balaban J connectivity index is 1.25. The van der Waals surface area contributed by atoms with Crippen LogP contribution < -0.4 is 10.1 Å². The number of fused-ring (bicyclic) bond motifs is 1. The number of carbonyl (C=O) groups is 1. The van der Waals surface area contributed by atoms with Crippen molar-refractivity contribution in [3.63, 3.8) is 0 Å². The molecule has 0 atom stereocenters. The third-order valence-electron chi connectivity index (χ3n) is 6.27. The molecule has 3 aliphatic rings. The van der Waals surface area contributed by atoms with Crippen LogP contribution in [0.4, 0.5) is 5.69 Å². The highest BCUT2D eigenvalue weighted by molar-refractivity contribution is 6.34. The van der Waals surface area contributed by atoms with Gasteiger partial charge in [-0.2, -0.15) is 0 Å². The lowest BCUT2D eigenvalue weighted by Crippen LogP contribution is -2.54. The maximum atomic E-state index is 12.5. The van der Waals surface area contributed by atoms with Crippen LogP contribution >= 0.6 is 11.6 Å². The van der Waals surface area contributed by atoms with Crippen molar-refractivity contribution >= 4 is 23.2 Å². The molecule has 1 saturated carbocycles. The van der Waals surface area contributed by atoms with Crippen LogP contribution in [0.25, 0.3) is 0 Å². The van der Waals surface area contributed by atoms with Gasteiger partial charge < -0.3 is 14.8 Å². The van der Waals surface area contributed by atoms with E-state index in [2.05, 4.69) is 15.2 Å². The number of anilines is 1. The van der Waals surface area contributed by atoms with Crippen LogP contribution in [0.2, 0.25) is 5.02 Å². The number of hydrogen-bond acceptors (Lipinski definition) is 5. The lowest BCUT2D eigenvalue weighted by Gasteiger charge is -2.47. The average molecular weight is 414 g/mol. The molecule has 1 spiro atoms. The second kappa shape index (κ2) is 7.59. The predicted octanol–water partition coefficient (Wildman–Crippen LogP) is 4.24. The van der Waals surface area contributed by atoms with Gasteiger partial charge in [0.05, 0.1) is 17.2 Å².